The Hall–Kier alpha value is -2.11. The van der Waals surface area contributed by atoms with Crippen LogP contribution in [0.5, 0.6) is 11.5 Å². The Bertz CT molecular complexity index is 538. The van der Waals surface area contributed by atoms with Crippen molar-refractivity contribution < 1.29 is 9.47 Å². The minimum absolute atomic E-state index is 0.376. The third kappa shape index (κ3) is 4.94. The van der Waals surface area contributed by atoms with Crippen molar-refractivity contribution in [3.05, 3.63) is 18.2 Å². The Kier molecular flexibility index (Phi) is 6.58. The summed E-state index contributed by atoms with van der Waals surface area (Å²) in [5.74, 6) is 3.09. The molecule has 0 spiro atoms. The number of anilines is 1. The standard InChI is InChI=1S/C18H30N4O2/c1-13(2)11-20-18(19-3)21-14-6-7-22(12-14)15-8-16(23-4)10-17(9-15)24-5/h8-10,13-14H,6-7,11-12H2,1-5H3,(H2,19,20,21). The molecule has 1 saturated heterocycles. The molecule has 6 nitrogen and oxygen atoms in total. The van der Waals surface area contributed by atoms with Gasteiger partial charge in [-0.05, 0) is 12.3 Å². The second-order valence-electron chi connectivity index (χ2n) is 6.49. The van der Waals surface area contributed by atoms with Crippen LogP contribution in [0.3, 0.4) is 0 Å². The Morgan fingerprint density at radius 2 is 1.92 bits per heavy atom. The third-order valence-electron chi connectivity index (χ3n) is 4.13. The highest BCUT2D eigenvalue weighted by Gasteiger charge is 2.24. The molecule has 0 saturated carbocycles. The molecule has 1 aromatic carbocycles. The maximum Gasteiger partial charge on any atom is 0.191 e. The first-order valence-electron chi connectivity index (χ1n) is 8.51. The molecule has 1 atom stereocenters. The second-order valence-corrected chi connectivity index (χ2v) is 6.49. The molecule has 1 heterocycles. The van der Waals surface area contributed by atoms with Crippen LogP contribution in [-0.2, 0) is 0 Å². The smallest absolute Gasteiger partial charge is 0.191 e. The molecule has 24 heavy (non-hydrogen) atoms. The number of ether oxygens (including phenoxy) is 2. The molecule has 134 valence electrons. The number of aliphatic imine (C=N–C) groups is 1. The molecule has 2 N–H and O–H groups in total. The van der Waals surface area contributed by atoms with Crippen molar-refractivity contribution in [2.45, 2.75) is 26.3 Å². The number of hydrogen-bond donors (Lipinski definition) is 2. The van der Waals surface area contributed by atoms with Crippen LogP contribution >= 0.6 is 0 Å². The van der Waals surface area contributed by atoms with Crippen molar-refractivity contribution in [3.8, 4) is 11.5 Å². The fraction of sp³-hybridized carbons (Fsp3) is 0.611. The van der Waals surface area contributed by atoms with Gasteiger partial charge in [-0.15, -0.1) is 0 Å². The van der Waals surface area contributed by atoms with Crippen molar-refractivity contribution in [2.24, 2.45) is 10.9 Å². The molecular formula is C18H30N4O2. The molecule has 1 fully saturated rings. The second kappa shape index (κ2) is 8.66. The van der Waals surface area contributed by atoms with Crippen molar-refractivity contribution >= 4 is 11.6 Å². The number of guanidine groups is 1. The van der Waals surface area contributed by atoms with Gasteiger partial charge in [0.25, 0.3) is 0 Å². The fourth-order valence-electron chi connectivity index (χ4n) is 2.78. The van der Waals surface area contributed by atoms with E-state index in [0.29, 0.717) is 12.0 Å². The van der Waals surface area contributed by atoms with Crippen LogP contribution in [0.15, 0.2) is 23.2 Å². The molecule has 1 aliphatic rings. The maximum absolute atomic E-state index is 5.37. The minimum Gasteiger partial charge on any atom is -0.497 e. The third-order valence-corrected chi connectivity index (χ3v) is 4.13. The normalized spacial score (nSPS) is 18.0. The maximum atomic E-state index is 5.37. The Morgan fingerprint density at radius 1 is 1.25 bits per heavy atom. The number of hydrogen-bond acceptors (Lipinski definition) is 4. The van der Waals surface area contributed by atoms with Gasteiger partial charge in [-0.25, -0.2) is 0 Å². The van der Waals surface area contributed by atoms with Crippen LogP contribution in [0.4, 0.5) is 5.69 Å². The van der Waals surface area contributed by atoms with Gasteiger partial charge in [-0.1, -0.05) is 13.8 Å². The summed E-state index contributed by atoms with van der Waals surface area (Å²) >= 11 is 0. The molecule has 6 heteroatoms. The SMILES string of the molecule is CN=C(NCC(C)C)NC1CCN(c2cc(OC)cc(OC)c2)C1. The van der Waals surface area contributed by atoms with Crippen molar-refractivity contribution in [1.82, 2.24) is 10.6 Å². The average molecular weight is 334 g/mol. The van der Waals surface area contributed by atoms with Gasteiger partial charge in [0.05, 0.1) is 14.2 Å². The molecule has 2 rings (SSSR count). The van der Waals surface area contributed by atoms with E-state index in [-0.39, 0.29) is 0 Å². The van der Waals surface area contributed by atoms with Crippen LogP contribution < -0.4 is 25.0 Å². The first-order chi connectivity index (χ1) is 11.5. The zero-order valence-corrected chi connectivity index (χ0v) is 15.4. The molecule has 0 aromatic heterocycles. The van der Waals surface area contributed by atoms with E-state index in [1.54, 1.807) is 14.2 Å². The Morgan fingerprint density at radius 3 is 2.46 bits per heavy atom. The lowest BCUT2D eigenvalue weighted by molar-refractivity contribution is 0.394. The van der Waals surface area contributed by atoms with Gasteiger partial charge >= 0.3 is 0 Å². The zero-order valence-electron chi connectivity index (χ0n) is 15.4. The monoisotopic (exact) mass is 334 g/mol. The molecule has 0 amide bonds. The summed E-state index contributed by atoms with van der Waals surface area (Å²) < 4.78 is 10.7. The van der Waals surface area contributed by atoms with Crippen LogP contribution in [-0.4, -0.2) is 52.9 Å². The minimum atomic E-state index is 0.376. The molecule has 0 radical (unpaired) electrons. The Balaban J connectivity index is 1.97. The van der Waals surface area contributed by atoms with Crippen LogP contribution in [0.25, 0.3) is 0 Å². The van der Waals surface area contributed by atoms with Gasteiger partial charge in [0.2, 0.25) is 0 Å². The largest absolute Gasteiger partial charge is 0.497 e. The van der Waals surface area contributed by atoms with Crippen LogP contribution in [0.2, 0.25) is 0 Å². The van der Waals surface area contributed by atoms with Crippen molar-refractivity contribution in [2.75, 3.05) is 45.8 Å². The number of rotatable bonds is 6. The van der Waals surface area contributed by atoms with Crippen molar-refractivity contribution in [1.29, 1.82) is 0 Å². The molecular weight excluding hydrogens is 304 g/mol. The highest BCUT2D eigenvalue weighted by Crippen LogP contribution is 2.30. The lowest BCUT2D eigenvalue weighted by Gasteiger charge is -2.21. The van der Waals surface area contributed by atoms with E-state index in [1.165, 1.54) is 0 Å². The van der Waals surface area contributed by atoms with Crippen LogP contribution in [0.1, 0.15) is 20.3 Å². The molecule has 0 bridgehead atoms. The fourth-order valence-corrected chi connectivity index (χ4v) is 2.78. The van der Waals surface area contributed by atoms with Gasteiger partial charge in [-0.2, -0.15) is 0 Å². The van der Waals surface area contributed by atoms with Crippen molar-refractivity contribution in [3.63, 3.8) is 0 Å². The summed E-state index contributed by atoms with van der Waals surface area (Å²) in [6.07, 6.45) is 1.07. The summed E-state index contributed by atoms with van der Waals surface area (Å²) in [6.45, 7) is 7.22. The first kappa shape index (κ1) is 18.2. The lowest BCUT2D eigenvalue weighted by Crippen LogP contribution is -2.45. The van der Waals surface area contributed by atoms with Gasteiger partial charge in [0, 0.05) is 56.6 Å². The first-order valence-corrected chi connectivity index (χ1v) is 8.51. The van der Waals surface area contributed by atoms with Crippen LogP contribution in [0, 0.1) is 5.92 Å². The quantitative estimate of drug-likeness (QED) is 0.616. The van der Waals surface area contributed by atoms with E-state index in [1.807, 2.05) is 13.1 Å². The predicted octanol–water partition coefficient (Wildman–Crippen LogP) is 2.10. The predicted molar refractivity (Wildman–Crippen MR) is 99.5 cm³/mol. The number of benzene rings is 1. The van der Waals surface area contributed by atoms with E-state index >= 15 is 0 Å². The lowest BCUT2D eigenvalue weighted by atomic mass is 10.2. The highest BCUT2D eigenvalue weighted by atomic mass is 16.5. The molecule has 1 aliphatic heterocycles. The molecule has 1 aromatic rings. The summed E-state index contributed by atoms with van der Waals surface area (Å²) in [6, 6.07) is 6.38. The molecule has 0 aliphatic carbocycles. The molecule has 1 unspecified atom stereocenters. The van der Waals surface area contributed by atoms with Gasteiger partial charge in [-0.3, -0.25) is 4.99 Å². The van der Waals surface area contributed by atoms with E-state index in [0.717, 1.165) is 49.2 Å². The van der Waals surface area contributed by atoms with Gasteiger partial charge < -0.3 is 25.0 Å². The number of methoxy groups -OCH3 is 2. The number of nitrogens with zero attached hydrogens (tertiary/aromatic N) is 2. The average Bonchev–Trinajstić information content (AvgIpc) is 3.06. The highest BCUT2D eigenvalue weighted by molar-refractivity contribution is 5.80. The zero-order chi connectivity index (χ0) is 17.5. The van der Waals surface area contributed by atoms with Gasteiger partial charge in [0.1, 0.15) is 11.5 Å². The summed E-state index contributed by atoms with van der Waals surface area (Å²) in [4.78, 5) is 6.66. The summed E-state index contributed by atoms with van der Waals surface area (Å²) in [7, 11) is 5.17. The summed E-state index contributed by atoms with van der Waals surface area (Å²) in [5.41, 5.74) is 1.13. The van der Waals surface area contributed by atoms with E-state index in [9.17, 15) is 0 Å². The van der Waals surface area contributed by atoms with Gasteiger partial charge in [0.15, 0.2) is 5.96 Å². The number of nitrogens with one attached hydrogen (secondary N) is 2. The topological polar surface area (TPSA) is 58.1 Å². The summed E-state index contributed by atoms with van der Waals surface area (Å²) in [5, 5.41) is 6.88. The Labute approximate surface area is 145 Å². The van der Waals surface area contributed by atoms with E-state index in [2.05, 4.69) is 46.5 Å². The van der Waals surface area contributed by atoms with E-state index in [4.69, 9.17) is 9.47 Å². The van der Waals surface area contributed by atoms with E-state index < -0.39 is 0 Å².